The first kappa shape index (κ1) is 13.4. The van der Waals surface area contributed by atoms with Gasteiger partial charge in [-0.3, -0.25) is 0 Å². The highest BCUT2D eigenvalue weighted by Crippen LogP contribution is 2.24. The zero-order valence-electron chi connectivity index (χ0n) is 12.4. The number of benzene rings is 1. The Kier molecular flexibility index (Phi) is 3.48. The highest BCUT2D eigenvalue weighted by atomic mass is 16.5. The van der Waals surface area contributed by atoms with Crippen molar-refractivity contribution in [3.63, 3.8) is 0 Å². The number of hydrogen-bond acceptors (Lipinski definition) is 4. The lowest BCUT2D eigenvalue weighted by Gasteiger charge is -2.19. The molecule has 5 heteroatoms. The monoisotopic (exact) mass is 282 g/mol. The van der Waals surface area contributed by atoms with Crippen molar-refractivity contribution in [3.8, 4) is 5.75 Å². The molecular formula is C16H18N4O. The fraction of sp³-hybridized carbons (Fsp3) is 0.250. The number of aromatic nitrogens is 3. The minimum Gasteiger partial charge on any atom is -0.497 e. The van der Waals surface area contributed by atoms with Crippen molar-refractivity contribution < 1.29 is 4.74 Å². The van der Waals surface area contributed by atoms with Gasteiger partial charge in [-0.2, -0.15) is 0 Å². The van der Waals surface area contributed by atoms with Gasteiger partial charge in [0.2, 0.25) is 0 Å². The van der Waals surface area contributed by atoms with Crippen molar-refractivity contribution in [2.45, 2.75) is 6.54 Å². The summed E-state index contributed by atoms with van der Waals surface area (Å²) in [6.07, 6.45) is 3.62. The van der Waals surface area contributed by atoms with Crippen LogP contribution in [0.2, 0.25) is 0 Å². The molecule has 0 saturated carbocycles. The summed E-state index contributed by atoms with van der Waals surface area (Å²) in [6, 6.07) is 10.1. The van der Waals surface area contributed by atoms with E-state index in [0.717, 1.165) is 29.1 Å². The molecule has 0 aliphatic heterocycles. The predicted molar refractivity (Wildman–Crippen MR) is 83.6 cm³/mol. The molecule has 0 atom stereocenters. The Hall–Kier alpha value is -2.56. The lowest BCUT2D eigenvalue weighted by atomic mass is 10.2. The van der Waals surface area contributed by atoms with E-state index in [1.165, 1.54) is 5.56 Å². The molecule has 0 aliphatic carbocycles. The van der Waals surface area contributed by atoms with Crippen LogP contribution in [-0.2, 0) is 13.6 Å². The Morgan fingerprint density at radius 1 is 1.14 bits per heavy atom. The summed E-state index contributed by atoms with van der Waals surface area (Å²) < 4.78 is 7.18. The van der Waals surface area contributed by atoms with Crippen LogP contribution >= 0.6 is 0 Å². The molecule has 3 rings (SSSR count). The van der Waals surface area contributed by atoms with Crippen LogP contribution in [0.25, 0.3) is 11.0 Å². The van der Waals surface area contributed by atoms with E-state index in [-0.39, 0.29) is 0 Å². The van der Waals surface area contributed by atoms with Gasteiger partial charge in [-0.1, -0.05) is 12.1 Å². The molecule has 0 unspecified atom stereocenters. The van der Waals surface area contributed by atoms with Gasteiger partial charge < -0.3 is 14.2 Å². The van der Waals surface area contributed by atoms with Crippen molar-refractivity contribution in [2.75, 3.05) is 19.1 Å². The van der Waals surface area contributed by atoms with E-state index in [1.54, 1.807) is 13.4 Å². The van der Waals surface area contributed by atoms with Crippen molar-refractivity contribution in [2.24, 2.45) is 7.05 Å². The molecule has 2 aromatic heterocycles. The van der Waals surface area contributed by atoms with Gasteiger partial charge in [0.15, 0.2) is 0 Å². The second-order valence-corrected chi connectivity index (χ2v) is 5.07. The number of anilines is 1. The normalized spacial score (nSPS) is 10.8. The maximum absolute atomic E-state index is 5.18. The average molecular weight is 282 g/mol. The highest BCUT2D eigenvalue weighted by molar-refractivity contribution is 5.87. The molecule has 0 amide bonds. The van der Waals surface area contributed by atoms with Crippen molar-refractivity contribution in [3.05, 3.63) is 48.4 Å². The zero-order chi connectivity index (χ0) is 14.8. The van der Waals surface area contributed by atoms with E-state index in [1.807, 2.05) is 37.0 Å². The Bertz CT molecular complexity index is 749. The molecule has 0 fully saturated rings. The fourth-order valence-electron chi connectivity index (χ4n) is 2.45. The van der Waals surface area contributed by atoms with E-state index in [9.17, 15) is 0 Å². The van der Waals surface area contributed by atoms with Crippen molar-refractivity contribution in [1.29, 1.82) is 0 Å². The summed E-state index contributed by atoms with van der Waals surface area (Å²) >= 11 is 0. The summed E-state index contributed by atoms with van der Waals surface area (Å²) in [5, 5.41) is 1.07. The predicted octanol–water partition coefficient (Wildman–Crippen LogP) is 2.61. The summed E-state index contributed by atoms with van der Waals surface area (Å²) in [5.41, 5.74) is 2.16. The van der Waals surface area contributed by atoms with Gasteiger partial charge in [-0.15, -0.1) is 0 Å². The van der Waals surface area contributed by atoms with Crippen LogP contribution in [0.1, 0.15) is 5.56 Å². The standard InChI is InChI=1S/C16H18N4O/c1-19-9-8-14-15(19)17-11-18-16(14)20(2)10-12-4-6-13(21-3)7-5-12/h4-9,11H,10H2,1-3H3. The van der Waals surface area contributed by atoms with E-state index >= 15 is 0 Å². The Morgan fingerprint density at radius 3 is 2.62 bits per heavy atom. The molecule has 0 radical (unpaired) electrons. The van der Waals surface area contributed by atoms with Gasteiger partial charge in [0.1, 0.15) is 23.5 Å². The number of hydrogen-bond donors (Lipinski definition) is 0. The summed E-state index contributed by atoms with van der Waals surface area (Å²) in [7, 11) is 5.70. The Morgan fingerprint density at radius 2 is 1.90 bits per heavy atom. The van der Waals surface area contributed by atoms with Crippen LogP contribution < -0.4 is 9.64 Å². The molecule has 2 heterocycles. The summed E-state index contributed by atoms with van der Waals surface area (Å²) in [6.45, 7) is 0.783. The maximum atomic E-state index is 5.18. The SMILES string of the molecule is COc1ccc(CN(C)c2ncnc3c2ccn3C)cc1. The second kappa shape index (κ2) is 5.44. The van der Waals surface area contributed by atoms with Gasteiger partial charge >= 0.3 is 0 Å². The van der Waals surface area contributed by atoms with Gasteiger partial charge in [0.25, 0.3) is 0 Å². The number of aryl methyl sites for hydroxylation is 1. The van der Waals surface area contributed by atoms with E-state index < -0.39 is 0 Å². The third-order valence-corrected chi connectivity index (χ3v) is 3.58. The first-order chi connectivity index (χ1) is 10.2. The number of nitrogens with zero attached hydrogens (tertiary/aromatic N) is 4. The Balaban J connectivity index is 1.87. The van der Waals surface area contributed by atoms with Crippen LogP contribution in [0, 0.1) is 0 Å². The minimum absolute atomic E-state index is 0.783. The van der Waals surface area contributed by atoms with Gasteiger partial charge in [-0.25, -0.2) is 9.97 Å². The first-order valence-electron chi connectivity index (χ1n) is 6.79. The first-order valence-corrected chi connectivity index (χ1v) is 6.79. The molecule has 0 spiro atoms. The number of fused-ring (bicyclic) bond motifs is 1. The van der Waals surface area contributed by atoms with E-state index in [2.05, 4.69) is 33.1 Å². The highest BCUT2D eigenvalue weighted by Gasteiger charge is 2.11. The van der Waals surface area contributed by atoms with Crippen LogP contribution in [0.15, 0.2) is 42.9 Å². The zero-order valence-corrected chi connectivity index (χ0v) is 12.4. The molecule has 0 bridgehead atoms. The quantitative estimate of drug-likeness (QED) is 0.738. The molecule has 3 aromatic rings. The number of rotatable bonds is 4. The molecule has 0 N–H and O–H groups in total. The fourth-order valence-corrected chi connectivity index (χ4v) is 2.45. The molecule has 5 nitrogen and oxygen atoms in total. The largest absolute Gasteiger partial charge is 0.497 e. The van der Waals surface area contributed by atoms with Crippen molar-refractivity contribution >= 4 is 16.9 Å². The number of methoxy groups -OCH3 is 1. The molecule has 21 heavy (non-hydrogen) atoms. The van der Waals surface area contributed by atoms with Gasteiger partial charge in [0.05, 0.1) is 12.5 Å². The van der Waals surface area contributed by atoms with Crippen LogP contribution in [0.5, 0.6) is 5.75 Å². The molecule has 1 aromatic carbocycles. The third-order valence-electron chi connectivity index (χ3n) is 3.58. The smallest absolute Gasteiger partial charge is 0.145 e. The lowest BCUT2D eigenvalue weighted by Crippen LogP contribution is -2.18. The molecule has 0 aliphatic rings. The minimum atomic E-state index is 0.783. The molecule has 0 saturated heterocycles. The average Bonchev–Trinajstić information content (AvgIpc) is 2.89. The van der Waals surface area contributed by atoms with Crippen LogP contribution in [0.3, 0.4) is 0 Å². The number of ether oxygens (including phenoxy) is 1. The van der Waals surface area contributed by atoms with Crippen LogP contribution in [-0.4, -0.2) is 28.7 Å². The van der Waals surface area contributed by atoms with Crippen LogP contribution in [0.4, 0.5) is 5.82 Å². The van der Waals surface area contributed by atoms with E-state index in [0.29, 0.717) is 0 Å². The molecule has 108 valence electrons. The maximum Gasteiger partial charge on any atom is 0.145 e. The Labute approximate surface area is 123 Å². The van der Waals surface area contributed by atoms with Gasteiger partial charge in [0, 0.05) is 26.8 Å². The third kappa shape index (κ3) is 2.54. The summed E-state index contributed by atoms with van der Waals surface area (Å²) in [4.78, 5) is 10.9. The topological polar surface area (TPSA) is 43.2 Å². The second-order valence-electron chi connectivity index (χ2n) is 5.07. The molecular weight excluding hydrogens is 264 g/mol. The van der Waals surface area contributed by atoms with Crippen molar-refractivity contribution in [1.82, 2.24) is 14.5 Å². The lowest BCUT2D eigenvalue weighted by molar-refractivity contribution is 0.414. The summed E-state index contributed by atoms with van der Waals surface area (Å²) in [5.74, 6) is 1.81. The van der Waals surface area contributed by atoms with Gasteiger partial charge in [-0.05, 0) is 23.8 Å². The van der Waals surface area contributed by atoms with E-state index in [4.69, 9.17) is 4.74 Å².